The molecule has 0 N–H and O–H groups in total. The van der Waals surface area contributed by atoms with Crippen LogP contribution in [0.5, 0.6) is 11.6 Å². The van der Waals surface area contributed by atoms with Crippen LogP contribution >= 0.6 is 11.7 Å². The number of rotatable bonds is 6. The van der Waals surface area contributed by atoms with E-state index in [2.05, 4.69) is 23.6 Å². The average molecular weight is 459 g/mol. The minimum atomic E-state index is -0.510. The smallest absolute Gasteiger partial charge is 0.410 e. The minimum absolute atomic E-state index is 0.296. The molecular formula is C21H26N6O4S. The summed E-state index contributed by atoms with van der Waals surface area (Å²) in [5.74, 6) is 1.77. The summed E-state index contributed by atoms with van der Waals surface area (Å²) in [7, 11) is 0. The maximum atomic E-state index is 12.3. The first-order valence-electron chi connectivity index (χ1n) is 10.4. The predicted molar refractivity (Wildman–Crippen MR) is 120 cm³/mol. The Hall–Kier alpha value is -3.21. The van der Waals surface area contributed by atoms with E-state index in [4.69, 9.17) is 14.2 Å². The van der Waals surface area contributed by atoms with Crippen molar-refractivity contribution < 1.29 is 19.0 Å². The van der Waals surface area contributed by atoms with Gasteiger partial charge in [-0.1, -0.05) is 6.07 Å². The molecule has 10 nitrogen and oxygen atoms in total. The zero-order chi connectivity index (χ0) is 22.6. The fraction of sp³-hybridized carbons (Fsp3) is 0.476. The van der Waals surface area contributed by atoms with Crippen molar-refractivity contribution >= 4 is 34.7 Å². The van der Waals surface area contributed by atoms with Gasteiger partial charge in [-0.05, 0) is 32.9 Å². The number of anilines is 1. The van der Waals surface area contributed by atoms with Crippen LogP contribution in [0.4, 0.5) is 10.6 Å². The Bertz CT molecular complexity index is 1060. The molecule has 0 unspecified atom stereocenters. The molecule has 0 bridgehead atoms. The molecule has 170 valence electrons. The highest BCUT2D eigenvalue weighted by atomic mass is 32.1. The topological polar surface area (TPSA) is 103 Å². The molecule has 1 aliphatic rings. The van der Waals surface area contributed by atoms with Crippen LogP contribution in [0.15, 0.2) is 30.6 Å². The maximum absolute atomic E-state index is 12.3. The first-order chi connectivity index (χ1) is 15.4. The third-order valence-electron chi connectivity index (χ3n) is 4.71. The number of benzene rings is 1. The minimum Gasteiger partial charge on any atom is -0.488 e. The number of amides is 1. The van der Waals surface area contributed by atoms with Crippen LogP contribution in [0.2, 0.25) is 0 Å². The number of ether oxygens (including phenoxy) is 3. The zero-order valence-electron chi connectivity index (χ0n) is 18.4. The normalized spacial score (nSPS) is 14.5. The van der Waals surface area contributed by atoms with Crippen molar-refractivity contribution in [3.8, 4) is 11.6 Å². The molecule has 3 heterocycles. The molecule has 0 atom stereocenters. The molecule has 1 fully saturated rings. The molecule has 1 aromatic carbocycles. The lowest BCUT2D eigenvalue weighted by Gasteiger charge is -2.36. The van der Waals surface area contributed by atoms with E-state index in [0.29, 0.717) is 56.8 Å². The lowest BCUT2D eigenvalue weighted by molar-refractivity contribution is 0.0240. The summed E-state index contributed by atoms with van der Waals surface area (Å²) in [4.78, 5) is 24.8. The van der Waals surface area contributed by atoms with Crippen molar-refractivity contribution in [1.82, 2.24) is 23.6 Å². The fourth-order valence-electron chi connectivity index (χ4n) is 3.25. The highest BCUT2D eigenvalue weighted by Gasteiger charge is 2.27. The third-order valence-corrected chi connectivity index (χ3v) is 5.25. The van der Waals surface area contributed by atoms with Crippen molar-refractivity contribution in [2.75, 3.05) is 44.3 Å². The number of carbonyl (C=O) groups is 1. The SMILES string of the molecule is CC(C)(C)OC(=O)N1CCN(c2nccnc2OCCOc2cccc3nsnc23)CC1. The zero-order valence-corrected chi connectivity index (χ0v) is 19.2. The largest absolute Gasteiger partial charge is 0.488 e. The number of aromatic nitrogens is 4. The van der Waals surface area contributed by atoms with Gasteiger partial charge < -0.3 is 24.0 Å². The van der Waals surface area contributed by atoms with Crippen molar-refractivity contribution in [2.24, 2.45) is 0 Å². The van der Waals surface area contributed by atoms with Crippen LogP contribution in [0.25, 0.3) is 11.0 Å². The predicted octanol–water partition coefficient (Wildman–Crippen LogP) is 3.00. The van der Waals surface area contributed by atoms with Gasteiger partial charge in [0.2, 0.25) is 0 Å². The summed E-state index contributed by atoms with van der Waals surface area (Å²) >= 11 is 1.16. The van der Waals surface area contributed by atoms with Crippen molar-refractivity contribution in [2.45, 2.75) is 26.4 Å². The standard InChI is InChI=1S/C21H26N6O4S/c1-21(2,3)31-20(28)27-11-9-26(10-12-27)18-19(23-8-7-22-18)30-14-13-29-16-6-4-5-15-17(16)25-32-24-15/h4-8H,9-14H2,1-3H3. The van der Waals surface area contributed by atoms with Gasteiger partial charge in [0.25, 0.3) is 5.88 Å². The molecule has 2 aromatic heterocycles. The van der Waals surface area contributed by atoms with E-state index in [-0.39, 0.29) is 6.09 Å². The number of hydrogen-bond donors (Lipinski definition) is 0. The second-order valence-corrected chi connectivity index (χ2v) is 8.75. The Morgan fingerprint density at radius 3 is 2.56 bits per heavy atom. The molecule has 1 aliphatic heterocycles. The maximum Gasteiger partial charge on any atom is 0.410 e. The van der Waals surface area contributed by atoms with Crippen LogP contribution < -0.4 is 14.4 Å². The third kappa shape index (κ3) is 5.34. The first-order valence-corrected chi connectivity index (χ1v) is 11.1. The number of hydrogen-bond acceptors (Lipinski definition) is 10. The Morgan fingerprint density at radius 2 is 1.78 bits per heavy atom. The summed E-state index contributed by atoms with van der Waals surface area (Å²) in [5.41, 5.74) is 1.06. The first kappa shape index (κ1) is 22.0. The van der Waals surface area contributed by atoms with Crippen LogP contribution in [0.1, 0.15) is 20.8 Å². The van der Waals surface area contributed by atoms with Gasteiger partial charge >= 0.3 is 6.09 Å². The van der Waals surface area contributed by atoms with Crippen molar-refractivity contribution in [3.05, 3.63) is 30.6 Å². The van der Waals surface area contributed by atoms with Gasteiger partial charge in [0, 0.05) is 38.6 Å². The van der Waals surface area contributed by atoms with E-state index in [1.54, 1.807) is 17.3 Å². The molecule has 32 heavy (non-hydrogen) atoms. The van der Waals surface area contributed by atoms with E-state index in [1.165, 1.54) is 0 Å². The van der Waals surface area contributed by atoms with Gasteiger partial charge in [-0.3, -0.25) is 0 Å². The average Bonchev–Trinajstić information content (AvgIpc) is 3.26. The monoisotopic (exact) mass is 458 g/mol. The molecule has 1 saturated heterocycles. The highest BCUT2D eigenvalue weighted by molar-refractivity contribution is 7.00. The summed E-state index contributed by atoms with van der Waals surface area (Å²) in [6, 6.07) is 5.65. The van der Waals surface area contributed by atoms with E-state index >= 15 is 0 Å². The second-order valence-electron chi connectivity index (χ2n) is 8.22. The Kier molecular flexibility index (Phi) is 6.54. The second kappa shape index (κ2) is 9.51. The molecule has 0 radical (unpaired) electrons. The Balaban J connectivity index is 1.30. The van der Waals surface area contributed by atoms with Crippen LogP contribution in [0, 0.1) is 0 Å². The van der Waals surface area contributed by atoms with E-state index in [1.807, 2.05) is 39.0 Å². The molecule has 0 spiro atoms. The number of fused-ring (bicyclic) bond motifs is 1. The number of nitrogens with zero attached hydrogens (tertiary/aromatic N) is 6. The number of carbonyl (C=O) groups excluding carboxylic acids is 1. The van der Waals surface area contributed by atoms with Crippen molar-refractivity contribution in [1.29, 1.82) is 0 Å². The molecule has 0 aliphatic carbocycles. The Morgan fingerprint density at radius 1 is 1.03 bits per heavy atom. The summed E-state index contributed by atoms with van der Waals surface area (Å²) in [6.45, 7) is 8.54. The molecule has 0 saturated carbocycles. The fourth-order valence-corrected chi connectivity index (χ4v) is 3.79. The van der Waals surface area contributed by atoms with Gasteiger partial charge in [0.15, 0.2) is 5.82 Å². The van der Waals surface area contributed by atoms with Gasteiger partial charge in [-0.25, -0.2) is 14.8 Å². The van der Waals surface area contributed by atoms with Crippen LogP contribution in [-0.4, -0.2) is 74.7 Å². The van der Waals surface area contributed by atoms with Gasteiger partial charge in [-0.15, -0.1) is 0 Å². The van der Waals surface area contributed by atoms with Gasteiger partial charge in [0.05, 0.1) is 11.7 Å². The summed E-state index contributed by atoms with van der Waals surface area (Å²) in [5, 5.41) is 0. The van der Waals surface area contributed by atoms with Crippen LogP contribution in [-0.2, 0) is 4.74 Å². The highest BCUT2D eigenvalue weighted by Crippen LogP contribution is 2.25. The molecule has 4 rings (SSSR count). The number of piperazine rings is 1. The molecule has 11 heteroatoms. The lowest BCUT2D eigenvalue weighted by Crippen LogP contribution is -2.50. The quantitative estimate of drug-likeness (QED) is 0.516. The molecule has 1 amide bonds. The van der Waals surface area contributed by atoms with E-state index < -0.39 is 5.60 Å². The van der Waals surface area contributed by atoms with E-state index in [9.17, 15) is 4.79 Å². The summed E-state index contributed by atoms with van der Waals surface area (Å²) in [6.07, 6.45) is 2.93. The van der Waals surface area contributed by atoms with Crippen LogP contribution in [0.3, 0.4) is 0 Å². The lowest BCUT2D eigenvalue weighted by atomic mass is 10.2. The van der Waals surface area contributed by atoms with Crippen molar-refractivity contribution in [3.63, 3.8) is 0 Å². The van der Waals surface area contributed by atoms with E-state index in [0.717, 1.165) is 22.8 Å². The molecule has 3 aromatic rings. The Labute approximate surface area is 190 Å². The van der Waals surface area contributed by atoms with Gasteiger partial charge in [0.1, 0.15) is 35.6 Å². The summed E-state index contributed by atoms with van der Waals surface area (Å²) < 4.78 is 25.6. The van der Waals surface area contributed by atoms with Gasteiger partial charge in [-0.2, -0.15) is 8.75 Å². The molecular weight excluding hydrogens is 432 g/mol.